The Labute approximate surface area is 177 Å². The second-order valence-corrected chi connectivity index (χ2v) is 7.49. The monoisotopic (exact) mass is 408 g/mol. The van der Waals surface area contributed by atoms with E-state index in [1.807, 2.05) is 86.7 Å². The second-order valence-electron chi connectivity index (χ2n) is 7.49. The molecule has 2 aromatic rings. The van der Waals surface area contributed by atoms with E-state index in [9.17, 15) is 9.59 Å². The van der Waals surface area contributed by atoms with Crippen LogP contribution in [0.25, 0.3) is 0 Å². The Morgan fingerprint density at radius 2 is 1.47 bits per heavy atom. The number of nitrogens with one attached hydrogen (secondary N) is 1. The molecule has 3 rings (SSSR count). The van der Waals surface area contributed by atoms with Crippen LogP contribution in [0, 0.1) is 5.92 Å². The molecule has 0 spiro atoms. The topological polar surface area (TPSA) is 67.9 Å². The molecule has 2 amide bonds. The first-order valence-electron chi connectivity index (χ1n) is 10.2. The molecule has 0 saturated heterocycles. The van der Waals surface area contributed by atoms with Crippen LogP contribution in [-0.4, -0.2) is 35.7 Å². The van der Waals surface area contributed by atoms with E-state index in [0.29, 0.717) is 6.54 Å². The van der Waals surface area contributed by atoms with Crippen molar-refractivity contribution in [3.8, 4) is 0 Å². The van der Waals surface area contributed by atoms with E-state index in [1.165, 1.54) is 0 Å². The highest BCUT2D eigenvalue weighted by molar-refractivity contribution is 5.70. The summed E-state index contributed by atoms with van der Waals surface area (Å²) >= 11 is 0. The van der Waals surface area contributed by atoms with Crippen LogP contribution in [0.4, 0.5) is 9.59 Å². The third-order valence-electron chi connectivity index (χ3n) is 5.17. The SMILES string of the molecule is C[C@@H]1C=C[C@H](C)[C@@H](NC(=O)OCc2ccccc2)CN1C(=O)OCc1ccccc1. The van der Waals surface area contributed by atoms with E-state index in [0.717, 1.165) is 11.1 Å². The third-order valence-corrected chi connectivity index (χ3v) is 5.17. The number of carbonyl (C=O) groups is 2. The van der Waals surface area contributed by atoms with Gasteiger partial charge in [-0.1, -0.05) is 79.7 Å². The van der Waals surface area contributed by atoms with E-state index in [2.05, 4.69) is 5.32 Å². The molecule has 6 nitrogen and oxygen atoms in total. The highest BCUT2D eigenvalue weighted by Gasteiger charge is 2.30. The van der Waals surface area contributed by atoms with Crippen LogP contribution >= 0.6 is 0 Å². The summed E-state index contributed by atoms with van der Waals surface area (Å²) in [7, 11) is 0. The van der Waals surface area contributed by atoms with Gasteiger partial charge in [0.1, 0.15) is 13.2 Å². The van der Waals surface area contributed by atoms with Crippen molar-refractivity contribution in [1.82, 2.24) is 10.2 Å². The molecule has 2 aromatic carbocycles. The van der Waals surface area contributed by atoms with Crippen LogP contribution in [-0.2, 0) is 22.7 Å². The first-order chi connectivity index (χ1) is 14.5. The van der Waals surface area contributed by atoms with Crippen LogP contribution in [0.2, 0.25) is 0 Å². The maximum absolute atomic E-state index is 12.7. The molecule has 0 radical (unpaired) electrons. The Hall–Kier alpha value is -3.28. The molecule has 1 aliphatic rings. The minimum Gasteiger partial charge on any atom is -0.445 e. The van der Waals surface area contributed by atoms with Crippen molar-refractivity contribution in [2.75, 3.05) is 6.54 Å². The van der Waals surface area contributed by atoms with Crippen LogP contribution in [0.1, 0.15) is 25.0 Å². The van der Waals surface area contributed by atoms with Crippen molar-refractivity contribution in [3.05, 3.63) is 83.9 Å². The van der Waals surface area contributed by atoms with E-state index in [4.69, 9.17) is 9.47 Å². The van der Waals surface area contributed by atoms with Crippen molar-refractivity contribution >= 4 is 12.2 Å². The predicted molar refractivity (Wildman–Crippen MR) is 115 cm³/mol. The number of hydrogen-bond donors (Lipinski definition) is 1. The lowest BCUT2D eigenvalue weighted by molar-refractivity contribution is 0.0829. The van der Waals surface area contributed by atoms with E-state index in [-0.39, 0.29) is 31.2 Å². The van der Waals surface area contributed by atoms with Gasteiger partial charge in [-0.25, -0.2) is 9.59 Å². The number of carbonyl (C=O) groups excluding carboxylic acids is 2. The molecular weight excluding hydrogens is 380 g/mol. The van der Waals surface area contributed by atoms with Gasteiger partial charge >= 0.3 is 12.2 Å². The van der Waals surface area contributed by atoms with Gasteiger partial charge in [0.05, 0.1) is 12.1 Å². The van der Waals surface area contributed by atoms with Gasteiger partial charge in [-0.3, -0.25) is 4.90 Å². The fourth-order valence-electron chi connectivity index (χ4n) is 3.25. The lowest BCUT2D eigenvalue weighted by Gasteiger charge is -2.30. The van der Waals surface area contributed by atoms with Crippen molar-refractivity contribution in [2.24, 2.45) is 5.92 Å². The highest BCUT2D eigenvalue weighted by Crippen LogP contribution is 2.18. The van der Waals surface area contributed by atoms with Crippen LogP contribution < -0.4 is 5.32 Å². The van der Waals surface area contributed by atoms with Crippen LogP contribution in [0.15, 0.2) is 72.8 Å². The third kappa shape index (κ3) is 6.11. The molecule has 0 unspecified atom stereocenters. The van der Waals surface area contributed by atoms with E-state index >= 15 is 0 Å². The van der Waals surface area contributed by atoms with Gasteiger partial charge in [0.25, 0.3) is 0 Å². The zero-order valence-electron chi connectivity index (χ0n) is 17.4. The summed E-state index contributed by atoms with van der Waals surface area (Å²) in [6.45, 7) is 4.68. The van der Waals surface area contributed by atoms with Crippen molar-refractivity contribution < 1.29 is 19.1 Å². The maximum Gasteiger partial charge on any atom is 0.410 e. The van der Waals surface area contributed by atoms with Crippen LogP contribution in [0.5, 0.6) is 0 Å². The van der Waals surface area contributed by atoms with Crippen molar-refractivity contribution in [3.63, 3.8) is 0 Å². The summed E-state index contributed by atoms with van der Waals surface area (Å²) in [4.78, 5) is 26.7. The Morgan fingerprint density at radius 1 is 0.900 bits per heavy atom. The Morgan fingerprint density at radius 3 is 2.07 bits per heavy atom. The van der Waals surface area contributed by atoms with Gasteiger partial charge in [0.15, 0.2) is 0 Å². The molecule has 0 aromatic heterocycles. The Balaban J connectivity index is 1.57. The Kier molecular flexibility index (Phi) is 7.49. The second kappa shape index (κ2) is 10.5. The van der Waals surface area contributed by atoms with Crippen LogP contribution in [0.3, 0.4) is 0 Å². The molecule has 158 valence electrons. The number of nitrogens with zero attached hydrogens (tertiary/aromatic N) is 1. The number of alkyl carbamates (subject to hydrolysis) is 1. The minimum absolute atomic E-state index is 0.0450. The molecule has 0 fully saturated rings. The summed E-state index contributed by atoms with van der Waals surface area (Å²) in [5.41, 5.74) is 1.84. The summed E-state index contributed by atoms with van der Waals surface area (Å²) in [5.74, 6) is 0.0450. The fourth-order valence-corrected chi connectivity index (χ4v) is 3.25. The maximum atomic E-state index is 12.7. The van der Waals surface area contributed by atoms with Gasteiger partial charge in [0, 0.05) is 6.54 Å². The summed E-state index contributed by atoms with van der Waals surface area (Å²) in [6, 6.07) is 18.6. The summed E-state index contributed by atoms with van der Waals surface area (Å²) in [5, 5.41) is 2.90. The Bertz CT molecular complexity index is 854. The molecule has 1 aliphatic heterocycles. The molecule has 3 atom stereocenters. The highest BCUT2D eigenvalue weighted by atomic mass is 16.6. The molecular formula is C24H28N2O4. The normalized spacial score (nSPS) is 20.9. The number of rotatable bonds is 5. The minimum atomic E-state index is -0.503. The number of ether oxygens (including phenoxy) is 2. The summed E-state index contributed by atoms with van der Waals surface area (Å²) in [6.07, 6.45) is 3.06. The fraction of sp³-hybridized carbons (Fsp3) is 0.333. The predicted octanol–water partition coefficient (Wildman–Crippen LogP) is 4.51. The molecule has 6 heteroatoms. The number of amides is 2. The van der Waals surface area contributed by atoms with Gasteiger partial charge < -0.3 is 14.8 Å². The summed E-state index contributed by atoms with van der Waals surface area (Å²) < 4.78 is 10.8. The number of benzene rings is 2. The number of hydrogen-bond acceptors (Lipinski definition) is 4. The lowest BCUT2D eigenvalue weighted by atomic mass is 10.0. The van der Waals surface area contributed by atoms with Gasteiger partial charge in [-0.2, -0.15) is 0 Å². The lowest BCUT2D eigenvalue weighted by Crippen LogP contribution is -2.49. The van der Waals surface area contributed by atoms with Crippen molar-refractivity contribution in [1.29, 1.82) is 0 Å². The average molecular weight is 408 g/mol. The average Bonchev–Trinajstić information content (AvgIpc) is 2.91. The molecule has 0 aliphatic carbocycles. The van der Waals surface area contributed by atoms with E-state index < -0.39 is 12.2 Å². The van der Waals surface area contributed by atoms with Crippen molar-refractivity contribution in [2.45, 2.75) is 39.1 Å². The molecule has 0 bridgehead atoms. The smallest absolute Gasteiger partial charge is 0.410 e. The molecule has 30 heavy (non-hydrogen) atoms. The molecule has 1 N–H and O–H groups in total. The first kappa shape index (κ1) is 21.4. The van der Waals surface area contributed by atoms with Gasteiger partial charge in [-0.05, 0) is 24.0 Å². The largest absolute Gasteiger partial charge is 0.445 e. The quantitative estimate of drug-likeness (QED) is 0.739. The van der Waals surface area contributed by atoms with Gasteiger partial charge in [0.2, 0.25) is 0 Å². The standard InChI is InChI=1S/C24H28N2O4/c1-18-13-14-19(2)26(24(28)30-17-21-11-7-4-8-12-21)15-22(18)25-23(27)29-16-20-9-5-3-6-10-20/h3-14,18-19,22H,15-17H2,1-2H3,(H,25,27)/t18-,19+,22-/m0/s1. The first-order valence-corrected chi connectivity index (χ1v) is 10.2. The zero-order chi connectivity index (χ0) is 21.3. The van der Waals surface area contributed by atoms with Gasteiger partial charge in [-0.15, -0.1) is 0 Å². The zero-order valence-corrected chi connectivity index (χ0v) is 17.4. The molecule has 1 heterocycles. The molecule has 0 saturated carbocycles. The van der Waals surface area contributed by atoms with E-state index in [1.54, 1.807) is 4.90 Å².